The van der Waals surface area contributed by atoms with Gasteiger partial charge in [-0.3, -0.25) is 4.79 Å². The topological polar surface area (TPSA) is 43.4 Å². The van der Waals surface area contributed by atoms with Crippen molar-refractivity contribution in [2.75, 3.05) is 0 Å². The summed E-state index contributed by atoms with van der Waals surface area (Å²) in [4.78, 5) is 12.4. The summed E-state index contributed by atoms with van der Waals surface area (Å²) in [6, 6.07) is 14.0. The van der Waals surface area contributed by atoms with Crippen LogP contribution < -0.4 is 5.43 Å². The Labute approximate surface area is 108 Å². The minimum atomic E-state index is -1.61. The van der Waals surface area contributed by atoms with Gasteiger partial charge in [-0.05, 0) is 24.3 Å². The average Bonchev–Trinajstić information content (AvgIpc) is 2.38. The lowest BCUT2D eigenvalue weighted by atomic mass is 10.2. The molecule has 3 aromatic rings. The highest BCUT2D eigenvalue weighted by Crippen LogP contribution is 2.34. The summed E-state index contributed by atoms with van der Waals surface area (Å²) in [5, 5.41) is 1.00. The van der Waals surface area contributed by atoms with Gasteiger partial charge in [0.05, 0.1) is 10.8 Å². The van der Waals surface area contributed by atoms with E-state index in [0.717, 1.165) is 0 Å². The standard InChI is InChI=1S/C13H8ClO3P/c14-18-16-11-7-3-1-5-9(11)13(15)10-6-2-4-8-12(10)17-18/h1-8H. The quantitative estimate of drug-likeness (QED) is 0.601. The summed E-state index contributed by atoms with van der Waals surface area (Å²) < 4.78 is 10.9. The van der Waals surface area contributed by atoms with Gasteiger partial charge in [0.1, 0.15) is 11.2 Å². The molecule has 0 amide bonds. The van der Waals surface area contributed by atoms with Crippen LogP contribution in [0.2, 0.25) is 0 Å². The SMILES string of the molecule is O=c1c2ccccc2op(Cl)oc2ccccc12. The van der Waals surface area contributed by atoms with Crippen LogP contribution >= 0.6 is 18.6 Å². The highest BCUT2D eigenvalue weighted by Gasteiger charge is 2.04. The molecule has 0 bridgehead atoms. The molecule has 3 rings (SSSR count). The molecule has 0 aliphatic rings. The van der Waals surface area contributed by atoms with Crippen molar-refractivity contribution in [1.29, 1.82) is 0 Å². The zero-order chi connectivity index (χ0) is 12.5. The van der Waals surface area contributed by atoms with E-state index in [0.29, 0.717) is 21.9 Å². The Kier molecular flexibility index (Phi) is 2.86. The van der Waals surface area contributed by atoms with Gasteiger partial charge in [0.25, 0.3) is 0 Å². The maximum absolute atomic E-state index is 12.4. The number of para-hydroxylation sites is 2. The van der Waals surface area contributed by atoms with Crippen molar-refractivity contribution in [2.45, 2.75) is 0 Å². The van der Waals surface area contributed by atoms with Crippen LogP contribution in [0.1, 0.15) is 0 Å². The summed E-state index contributed by atoms with van der Waals surface area (Å²) >= 11 is 6.01. The van der Waals surface area contributed by atoms with E-state index in [4.69, 9.17) is 19.6 Å². The van der Waals surface area contributed by atoms with Crippen molar-refractivity contribution < 1.29 is 8.39 Å². The largest absolute Gasteiger partial charge is 0.408 e. The summed E-state index contributed by atoms with van der Waals surface area (Å²) in [7, 11) is -1.61. The van der Waals surface area contributed by atoms with Crippen LogP contribution in [-0.4, -0.2) is 0 Å². The normalized spacial score (nSPS) is 10.7. The highest BCUT2D eigenvalue weighted by molar-refractivity contribution is 7.68. The van der Waals surface area contributed by atoms with Crippen LogP contribution in [0.15, 0.2) is 61.7 Å². The molecule has 0 fully saturated rings. The molecular weight excluding hydrogens is 271 g/mol. The number of benzene rings is 2. The van der Waals surface area contributed by atoms with Crippen LogP contribution in [0.25, 0.3) is 21.9 Å². The molecule has 0 aliphatic carbocycles. The average molecular weight is 279 g/mol. The number of halogens is 1. The molecule has 3 nitrogen and oxygen atoms in total. The third-order valence-corrected chi connectivity index (χ3v) is 3.70. The second-order valence-electron chi connectivity index (χ2n) is 3.72. The van der Waals surface area contributed by atoms with Gasteiger partial charge < -0.3 is 8.39 Å². The molecule has 18 heavy (non-hydrogen) atoms. The number of fused-ring (bicyclic) bond motifs is 2. The number of hydrogen-bond donors (Lipinski definition) is 0. The minimum absolute atomic E-state index is 0.124. The van der Waals surface area contributed by atoms with E-state index in [1.165, 1.54) is 0 Å². The fourth-order valence-electron chi connectivity index (χ4n) is 1.79. The molecule has 1 aromatic heterocycles. The Balaban J connectivity index is 2.68. The summed E-state index contributed by atoms with van der Waals surface area (Å²) in [5.41, 5.74) is 0.789. The van der Waals surface area contributed by atoms with E-state index in [9.17, 15) is 4.79 Å². The second kappa shape index (κ2) is 4.52. The van der Waals surface area contributed by atoms with Gasteiger partial charge in [0.15, 0.2) is 0 Å². The van der Waals surface area contributed by atoms with E-state index in [1.54, 1.807) is 48.5 Å². The van der Waals surface area contributed by atoms with E-state index in [-0.39, 0.29) is 5.43 Å². The lowest BCUT2D eigenvalue weighted by Crippen LogP contribution is -1.98. The maximum Gasteiger partial charge on any atom is 0.327 e. The fourth-order valence-corrected chi connectivity index (χ4v) is 2.90. The Hall–Kier alpha value is -1.70. The first kappa shape index (κ1) is 11.4. The Morgan fingerprint density at radius 1 is 0.833 bits per heavy atom. The summed E-state index contributed by atoms with van der Waals surface area (Å²) in [5.74, 6) is 0. The predicted octanol–water partition coefficient (Wildman–Crippen LogP) is 4.65. The van der Waals surface area contributed by atoms with Crippen molar-refractivity contribution in [1.82, 2.24) is 0 Å². The van der Waals surface area contributed by atoms with Crippen molar-refractivity contribution in [3.63, 3.8) is 0 Å². The van der Waals surface area contributed by atoms with E-state index >= 15 is 0 Å². The fraction of sp³-hybridized carbons (Fsp3) is 0. The number of rotatable bonds is 0. The first-order valence-electron chi connectivity index (χ1n) is 5.30. The Morgan fingerprint density at radius 3 is 1.78 bits per heavy atom. The molecule has 90 valence electrons. The van der Waals surface area contributed by atoms with E-state index in [1.807, 2.05) is 0 Å². The lowest BCUT2D eigenvalue weighted by molar-refractivity contribution is 0.652. The molecule has 2 aromatic carbocycles. The maximum atomic E-state index is 12.4. The lowest BCUT2D eigenvalue weighted by Gasteiger charge is -1.97. The predicted molar refractivity (Wildman–Crippen MR) is 73.8 cm³/mol. The molecule has 0 N–H and O–H groups in total. The Bertz CT molecular complexity index is 762. The molecule has 0 aliphatic heterocycles. The summed E-state index contributed by atoms with van der Waals surface area (Å²) in [6.45, 7) is 0. The molecule has 5 heteroatoms. The molecule has 0 unspecified atom stereocenters. The van der Waals surface area contributed by atoms with Crippen molar-refractivity contribution in [2.24, 2.45) is 0 Å². The molecular formula is C13H8ClO3P. The minimum Gasteiger partial charge on any atom is -0.408 e. The van der Waals surface area contributed by atoms with Crippen LogP contribution in [0.3, 0.4) is 0 Å². The Morgan fingerprint density at radius 2 is 1.28 bits per heavy atom. The second-order valence-corrected chi connectivity index (χ2v) is 5.33. The van der Waals surface area contributed by atoms with Crippen LogP contribution in [0, 0.1) is 0 Å². The van der Waals surface area contributed by atoms with Crippen LogP contribution in [0.5, 0.6) is 0 Å². The number of hydrogen-bond acceptors (Lipinski definition) is 3. The van der Waals surface area contributed by atoms with Crippen molar-refractivity contribution >= 4 is 40.5 Å². The van der Waals surface area contributed by atoms with Gasteiger partial charge in [0.2, 0.25) is 5.43 Å². The van der Waals surface area contributed by atoms with Gasteiger partial charge in [-0.1, -0.05) is 24.3 Å². The molecule has 0 spiro atoms. The van der Waals surface area contributed by atoms with Crippen molar-refractivity contribution in [3.8, 4) is 0 Å². The van der Waals surface area contributed by atoms with Gasteiger partial charge >= 0.3 is 7.37 Å². The highest BCUT2D eigenvalue weighted by atomic mass is 35.7. The molecule has 0 saturated heterocycles. The molecule has 0 saturated carbocycles. The third-order valence-electron chi connectivity index (χ3n) is 2.60. The van der Waals surface area contributed by atoms with Gasteiger partial charge in [-0.15, -0.1) is 0 Å². The van der Waals surface area contributed by atoms with Gasteiger partial charge in [0, 0.05) is 11.2 Å². The molecule has 1 heterocycles. The van der Waals surface area contributed by atoms with Crippen LogP contribution in [0.4, 0.5) is 0 Å². The summed E-state index contributed by atoms with van der Waals surface area (Å²) in [6.07, 6.45) is 0. The molecule has 0 atom stereocenters. The van der Waals surface area contributed by atoms with Crippen LogP contribution in [-0.2, 0) is 0 Å². The smallest absolute Gasteiger partial charge is 0.327 e. The van der Waals surface area contributed by atoms with Gasteiger partial charge in [-0.25, -0.2) is 0 Å². The monoisotopic (exact) mass is 278 g/mol. The van der Waals surface area contributed by atoms with Gasteiger partial charge in [-0.2, -0.15) is 0 Å². The van der Waals surface area contributed by atoms with Crippen molar-refractivity contribution in [3.05, 3.63) is 58.8 Å². The van der Waals surface area contributed by atoms with E-state index < -0.39 is 7.37 Å². The third kappa shape index (κ3) is 1.92. The molecule has 0 radical (unpaired) electrons. The first-order chi connectivity index (χ1) is 8.75. The van der Waals surface area contributed by atoms with E-state index in [2.05, 4.69) is 0 Å². The first-order valence-corrected chi connectivity index (χ1v) is 7.38. The zero-order valence-corrected chi connectivity index (χ0v) is 10.8. The zero-order valence-electron chi connectivity index (χ0n) is 9.17.